The number of pyridine rings is 1. The lowest BCUT2D eigenvalue weighted by atomic mass is 10.1. The highest BCUT2D eigenvalue weighted by Crippen LogP contribution is 2.27. The van der Waals surface area contributed by atoms with E-state index in [4.69, 9.17) is 9.47 Å². The zero-order chi connectivity index (χ0) is 28.3. The minimum Gasteiger partial charge on any atom is -0.474 e. The molecule has 0 saturated heterocycles. The normalized spacial score (nSPS) is 13.5. The predicted octanol–water partition coefficient (Wildman–Crippen LogP) is 3.91. The molecule has 38 heavy (non-hydrogen) atoms. The number of hydrogen-bond acceptors (Lipinski definition) is 8. The molecule has 206 valence electrons. The van der Waals surface area contributed by atoms with Gasteiger partial charge in [-0.3, -0.25) is 19.2 Å². The number of nitrogens with one attached hydrogen (secondary N) is 1. The van der Waals surface area contributed by atoms with Crippen molar-refractivity contribution in [1.82, 2.24) is 14.8 Å². The van der Waals surface area contributed by atoms with E-state index in [1.807, 2.05) is 13.8 Å². The molecule has 0 aliphatic carbocycles. The van der Waals surface area contributed by atoms with Gasteiger partial charge < -0.3 is 14.4 Å². The Labute approximate surface area is 230 Å². The zero-order valence-corrected chi connectivity index (χ0v) is 24.3. The van der Waals surface area contributed by atoms with Crippen molar-refractivity contribution in [3.05, 3.63) is 52.1 Å². The average Bonchev–Trinajstić information content (AvgIpc) is 3.04. The summed E-state index contributed by atoms with van der Waals surface area (Å²) in [4.78, 5) is 44.2. The molecule has 1 N–H and O–H groups in total. The highest BCUT2D eigenvalue weighted by Gasteiger charge is 2.35. The number of hydrogen-bond donors (Lipinski definition) is 1. The molecule has 0 saturated carbocycles. The first kappa shape index (κ1) is 29.4. The van der Waals surface area contributed by atoms with E-state index >= 15 is 0 Å². The van der Waals surface area contributed by atoms with Crippen molar-refractivity contribution in [3.63, 3.8) is 0 Å². The van der Waals surface area contributed by atoms with Gasteiger partial charge in [-0.15, -0.1) is 0 Å². The minimum atomic E-state index is -4.01. The molecule has 2 aromatic rings. The van der Waals surface area contributed by atoms with Gasteiger partial charge in [0.25, 0.3) is 11.8 Å². The molecule has 1 aliphatic heterocycles. The van der Waals surface area contributed by atoms with Gasteiger partial charge in [-0.2, -0.15) is 0 Å². The number of rotatable bonds is 10. The topological polar surface area (TPSA) is 135 Å². The fraction of sp³-hybridized carbons (Fsp3) is 0.440. The lowest BCUT2D eigenvalue weighted by Gasteiger charge is -2.30. The van der Waals surface area contributed by atoms with Gasteiger partial charge in [0, 0.05) is 23.3 Å². The lowest BCUT2D eigenvalue weighted by Crippen LogP contribution is -2.43. The predicted molar refractivity (Wildman–Crippen MR) is 145 cm³/mol. The van der Waals surface area contributed by atoms with E-state index in [0.717, 1.165) is 4.90 Å². The zero-order valence-electron chi connectivity index (χ0n) is 21.9. The Morgan fingerprint density at radius 3 is 2.32 bits per heavy atom. The van der Waals surface area contributed by atoms with Crippen molar-refractivity contribution < 1.29 is 32.3 Å². The molecule has 2 heterocycles. The van der Waals surface area contributed by atoms with Crippen molar-refractivity contribution >= 4 is 49.5 Å². The van der Waals surface area contributed by atoms with Crippen LogP contribution in [0.15, 0.2) is 41.0 Å². The largest absolute Gasteiger partial charge is 0.474 e. The van der Waals surface area contributed by atoms with Crippen LogP contribution in [0.25, 0.3) is 0 Å². The van der Waals surface area contributed by atoms with Crippen LogP contribution in [0.2, 0.25) is 0 Å². The van der Waals surface area contributed by atoms with E-state index < -0.39 is 39.3 Å². The van der Waals surface area contributed by atoms with Crippen molar-refractivity contribution in [2.24, 2.45) is 0 Å². The number of aromatic nitrogens is 1. The van der Waals surface area contributed by atoms with Gasteiger partial charge in [-0.05, 0) is 68.7 Å². The van der Waals surface area contributed by atoms with E-state index in [-0.39, 0.29) is 48.4 Å². The molecule has 13 heteroatoms. The van der Waals surface area contributed by atoms with Crippen molar-refractivity contribution in [1.29, 1.82) is 0 Å². The Balaban J connectivity index is 1.65. The maximum absolute atomic E-state index is 12.9. The van der Waals surface area contributed by atoms with Crippen molar-refractivity contribution in [3.8, 4) is 5.88 Å². The van der Waals surface area contributed by atoms with Crippen molar-refractivity contribution in [2.45, 2.75) is 46.3 Å². The first-order valence-corrected chi connectivity index (χ1v) is 14.4. The van der Waals surface area contributed by atoms with E-state index in [2.05, 4.69) is 25.6 Å². The second-order valence-electron chi connectivity index (χ2n) is 9.85. The fourth-order valence-corrected chi connectivity index (χ4v) is 4.95. The van der Waals surface area contributed by atoms with Crippen LogP contribution in [-0.2, 0) is 14.8 Å². The average molecular weight is 612 g/mol. The molecule has 1 aliphatic rings. The van der Waals surface area contributed by atoms with Crippen LogP contribution in [0.5, 0.6) is 5.88 Å². The van der Waals surface area contributed by atoms with E-state index in [1.54, 1.807) is 32.9 Å². The minimum absolute atomic E-state index is 0.00500. The van der Waals surface area contributed by atoms with Gasteiger partial charge in [0.15, 0.2) is 0 Å². The van der Waals surface area contributed by atoms with Crippen LogP contribution < -0.4 is 9.46 Å². The van der Waals surface area contributed by atoms with Crippen LogP contribution in [-0.4, -0.2) is 78.2 Å². The summed E-state index contributed by atoms with van der Waals surface area (Å²) in [6.07, 6.45) is 0.953. The number of fused-ring (bicyclic) bond motifs is 1. The number of benzene rings is 1. The summed E-state index contributed by atoms with van der Waals surface area (Å²) in [5, 5.41) is 0. The molecule has 11 nitrogen and oxygen atoms in total. The number of ether oxygens (including phenoxy) is 2. The summed E-state index contributed by atoms with van der Waals surface area (Å²) in [6.45, 7) is 8.89. The quantitative estimate of drug-likeness (QED) is 0.400. The molecule has 1 aromatic carbocycles. The van der Waals surface area contributed by atoms with Gasteiger partial charge >= 0.3 is 6.09 Å². The summed E-state index contributed by atoms with van der Waals surface area (Å²) in [5.74, 6) is -1.59. The molecule has 0 atom stereocenters. The van der Waals surface area contributed by atoms with Crippen LogP contribution in [0, 0.1) is 0 Å². The fourth-order valence-electron chi connectivity index (χ4n) is 3.61. The smallest absolute Gasteiger partial charge is 0.410 e. The number of imide groups is 1. The van der Waals surface area contributed by atoms with Gasteiger partial charge in [-0.1, -0.05) is 12.1 Å². The number of anilines is 1. The molecule has 0 spiro atoms. The Bertz CT molecular complexity index is 1290. The summed E-state index contributed by atoms with van der Waals surface area (Å²) in [7, 11) is -4.01. The van der Waals surface area contributed by atoms with Crippen LogP contribution in [0.4, 0.5) is 10.5 Å². The number of amides is 3. The second-order valence-corrected chi connectivity index (χ2v) is 12.6. The third kappa shape index (κ3) is 7.44. The molecule has 3 rings (SSSR count). The monoisotopic (exact) mass is 610 g/mol. The maximum atomic E-state index is 12.9. The number of sulfonamides is 1. The number of carbonyl (C=O) groups is 3. The Morgan fingerprint density at radius 2 is 1.76 bits per heavy atom. The van der Waals surface area contributed by atoms with Gasteiger partial charge in [0.1, 0.15) is 17.9 Å². The summed E-state index contributed by atoms with van der Waals surface area (Å²) in [5.41, 5.74) is -0.0973. The summed E-state index contributed by atoms with van der Waals surface area (Å²) < 4.78 is 39.8. The van der Waals surface area contributed by atoms with Crippen LogP contribution >= 0.6 is 15.9 Å². The van der Waals surface area contributed by atoms with Crippen LogP contribution in [0.1, 0.15) is 55.3 Å². The first-order valence-electron chi connectivity index (χ1n) is 11.9. The molecule has 0 bridgehead atoms. The third-order valence-electron chi connectivity index (χ3n) is 5.37. The Kier molecular flexibility index (Phi) is 9.03. The third-order valence-corrected chi connectivity index (χ3v) is 7.05. The van der Waals surface area contributed by atoms with E-state index in [1.165, 1.54) is 29.3 Å². The number of nitrogens with zero attached hydrogens (tertiary/aromatic N) is 3. The van der Waals surface area contributed by atoms with E-state index in [9.17, 15) is 22.8 Å². The first-order chi connectivity index (χ1) is 17.7. The molecule has 1 aromatic heterocycles. The maximum Gasteiger partial charge on any atom is 0.410 e. The van der Waals surface area contributed by atoms with Crippen LogP contribution in [0.3, 0.4) is 0 Å². The number of carbonyl (C=O) groups excluding carboxylic acids is 3. The molecule has 0 unspecified atom stereocenters. The standard InChI is InChI=1S/C25H31BrN4O7S/c1-16(2)29(24(33)37-25(3,4)5)10-12-36-21-20(14-17(26)15-27-21)28-38(34,35)13-11-30-22(31)18-8-6-7-9-19(18)23(30)32/h6-9,14-16,28H,10-13H2,1-5H3. The molecular formula is C25H31BrN4O7S. The van der Waals surface area contributed by atoms with Gasteiger partial charge in [0.05, 0.1) is 23.4 Å². The SMILES string of the molecule is CC(C)N(CCOc1ncc(Br)cc1NS(=O)(=O)CCN1C(=O)c2ccccc2C1=O)C(=O)OC(C)(C)C. The van der Waals surface area contributed by atoms with Gasteiger partial charge in [0.2, 0.25) is 15.9 Å². The summed E-state index contributed by atoms with van der Waals surface area (Å²) in [6, 6.07) is 7.66. The van der Waals surface area contributed by atoms with Crippen molar-refractivity contribution in [2.75, 3.05) is 30.2 Å². The number of halogens is 1. The highest BCUT2D eigenvalue weighted by molar-refractivity contribution is 9.10. The Hall–Kier alpha value is -3.19. The summed E-state index contributed by atoms with van der Waals surface area (Å²) >= 11 is 3.27. The Morgan fingerprint density at radius 1 is 1.16 bits per heavy atom. The van der Waals surface area contributed by atoms with E-state index in [0.29, 0.717) is 4.47 Å². The molecular weight excluding hydrogens is 580 g/mol. The lowest BCUT2D eigenvalue weighted by molar-refractivity contribution is 0.0163. The van der Waals surface area contributed by atoms with Gasteiger partial charge in [-0.25, -0.2) is 18.2 Å². The molecule has 3 amide bonds. The molecule has 0 fully saturated rings. The second kappa shape index (κ2) is 11.7. The molecule has 0 radical (unpaired) electrons. The highest BCUT2D eigenvalue weighted by atomic mass is 79.9.